The Morgan fingerprint density at radius 1 is 0.882 bits per heavy atom. The van der Waals surface area contributed by atoms with Gasteiger partial charge in [-0.1, -0.05) is 44.2 Å². The highest BCUT2D eigenvalue weighted by Gasteiger charge is 2.01. The molecule has 0 aliphatic heterocycles. The van der Waals surface area contributed by atoms with Gasteiger partial charge in [0.15, 0.2) is 0 Å². The Balaban J connectivity index is 0.00000256. The summed E-state index contributed by atoms with van der Waals surface area (Å²) < 4.78 is 0. The maximum Gasteiger partial charge on any atom is -0.00156 e. The molecule has 0 aliphatic carbocycles. The number of benzene rings is 1. The van der Waals surface area contributed by atoms with E-state index in [-0.39, 0.29) is 5.48 Å². The van der Waals surface area contributed by atoms with Gasteiger partial charge in [-0.05, 0) is 50.9 Å². The van der Waals surface area contributed by atoms with Crippen LogP contribution in [0.1, 0.15) is 38.7 Å². The summed E-state index contributed by atoms with van der Waals surface area (Å²) in [7, 11) is 0. The minimum absolute atomic E-state index is 0. The topological polar surface area (TPSA) is 34.7 Å². The van der Waals surface area contributed by atoms with Crippen LogP contribution in [0, 0.1) is 0 Å². The molecule has 0 saturated heterocycles. The van der Waals surface area contributed by atoms with Crippen molar-refractivity contribution in [1.82, 2.24) is 4.90 Å². The predicted molar refractivity (Wildman–Crippen MR) is 75.4 cm³/mol. The molecule has 2 heteroatoms. The number of hydrogen-bond donors (Lipinski definition) is 0. The Morgan fingerprint density at radius 2 is 1.47 bits per heavy atom. The second-order valence-electron chi connectivity index (χ2n) is 4.43. The van der Waals surface area contributed by atoms with Crippen LogP contribution in [0.5, 0.6) is 0 Å². The molecule has 1 aromatic rings. The van der Waals surface area contributed by atoms with E-state index < -0.39 is 0 Å². The van der Waals surface area contributed by atoms with Gasteiger partial charge in [0.1, 0.15) is 0 Å². The summed E-state index contributed by atoms with van der Waals surface area (Å²) in [5.74, 6) is 0. The summed E-state index contributed by atoms with van der Waals surface area (Å²) in [4.78, 5) is 2.59. The molecule has 1 aromatic carbocycles. The van der Waals surface area contributed by atoms with E-state index in [1.54, 1.807) is 0 Å². The number of rotatable bonds is 8. The van der Waals surface area contributed by atoms with Gasteiger partial charge in [0.05, 0.1) is 0 Å². The van der Waals surface area contributed by atoms with Crippen molar-refractivity contribution in [1.29, 1.82) is 0 Å². The fourth-order valence-corrected chi connectivity index (χ4v) is 2.12. The van der Waals surface area contributed by atoms with Gasteiger partial charge in [0.2, 0.25) is 0 Å². The average molecular weight is 237 g/mol. The molecule has 0 aromatic heterocycles. The largest absolute Gasteiger partial charge is 0.412 e. The molecule has 1 rings (SSSR count). The lowest BCUT2D eigenvalue weighted by Gasteiger charge is -2.20. The maximum atomic E-state index is 2.59. The third-order valence-corrected chi connectivity index (χ3v) is 2.86. The van der Waals surface area contributed by atoms with Crippen LogP contribution in [0.4, 0.5) is 0 Å². The van der Waals surface area contributed by atoms with Crippen molar-refractivity contribution < 1.29 is 5.48 Å². The number of aryl methyl sites for hydroxylation is 1. The molecule has 0 fully saturated rings. The molecule has 0 amide bonds. The standard InChI is InChI=1S/C15H25N.H2O/c1-3-12-16(13-4-2)14-8-11-15-9-6-5-7-10-15;/h5-7,9-10H,3-4,8,11-14H2,1-2H3;1H2. The Bertz CT molecular complexity index is 255. The van der Waals surface area contributed by atoms with Crippen LogP contribution in [0.25, 0.3) is 0 Å². The molecule has 98 valence electrons. The lowest BCUT2D eigenvalue weighted by molar-refractivity contribution is 0.271. The first-order valence-electron chi connectivity index (χ1n) is 6.63. The smallest absolute Gasteiger partial charge is 0.00156 e. The van der Waals surface area contributed by atoms with E-state index in [1.165, 1.54) is 50.9 Å². The highest BCUT2D eigenvalue weighted by molar-refractivity contribution is 5.14. The summed E-state index contributed by atoms with van der Waals surface area (Å²) in [5.41, 5.74) is 1.47. The van der Waals surface area contributed by atoms with E-state index in [1.807, 2.05) is 0 Å². The van der Waals surface area contributed by atoms with Gasteiger partial charge < -0.3 is 10.4 Å². The van der Waals surface area contributed by atoms with Crippen LogP contribution in [0.15, 0.2) is 30.3 Å². The van der Waals surface area contributed by atoms with E-state index in [9.17, 15) is 0 Å². The maximum absolute atomic E-state index is 2.59. The normalized spacial score (nSPS) is 10.3. The quantitative estimate of drug-likeness (QED) is 0.684. The first-order valence-corrected chi connectivity index (χ1v) is 6.63. The van der Waals surface area contributed by atoms with Crippen LogP contribution in [-0.2, 0) is 6.42 Å². The lowest BCUT2D eigenvalue weighted by Crippen LogP contribution is -2.26. The molecule has 0 spiro atoms. The molecule has 0 aliphatic rings. The van der Waals surface area contributed by atoms with Gasteiger partial charge >= 0.3 is 0 Å². The number of nitrogens with zero attached hydrogens (tertiary/aromatic N) is 1. The predicted octanol–water partition coefficient (Wildman–Crippen LogP) is 2.92. The first-order chi connectivity index (χ1) is 7.86. The van der Waals surface area contributed by atoms with Crippen molar-refractivity contribution in [3.63, 3.8) is 0 Å². The molecule has 0 unspecified atom stereocenters. The average Bonchev–Trinajstić information content (AvgIpc) is 2.31. The molecule has 0 saturated carbocycles. The van der Waals surface area contributed by atoms with Gasteiger partial charge in [-0.2, -0.15) is 0 Å². The summed E-state index contributed by atoms with van der Waals surface area (Å²) >= 11 is 0. The Hall–Kier alpha value is -0.860. The molecule has 2 N–H and O–H groups in total. The van der Waals surface area contributed by atoms with Crippen molar-refractivity contribution in [3.05, 3.63) is 35.9 Å². The highest BCUT2D eigenvalue weighted by Crippen LogP contribution is 2.04. The highest BCUT2D eigenvalue weighted by atomic mass is 16.0. The van der Waals surface area contributed by atoms with Gasteiger partial charge in [-0.3, -0.25) is 0 Å². The van der Waals surface area contributed by atoms with Crippen LogP contribution < -0.4 is 0 Å². The summed E-state index contributed by atoms with van der Waals surface area (Å²) in [6.45, 7) is 8.28. The third-order valence-electron chi connectivity index (χ3n) is 2.86. The second kappa shape index (κ2) is 10.3. The minimum Gasteiger partial charge on any atom is -0.412 e. The molecule has 0 bridgehead atoms. The van der Waals surface area contributed by atoms with Gasteiger partial charge in [0, 0.05) is 0 Å². The zero-order valence-corrected chi connectivity index (χ0v) is 11.3. The van der Waals surface area contributed by atoms with Crippen molar-refractivity contribution >= 4 is 0 Å². The molecule has 0 heterocycles. The van der Waals surface area contributed by atoms with Crippen LogP contribution in [-0.4, -0.2) is 30.0 Å². The minimum atomic E-state index is 0. The zero-order chi connectivity index (χ0) is 11.6. The van der Waals surface area contributed by atoms with Gasteiger partial charge in [-0.15, -0.1) is 0 Å². The fraction of sp³-hybridized carbons (Fsp3) is 0.600. The summed E-state index contributed by atoms with van der Waals surface area (Å²) in [5, 5.41) is 0. The van der Waals surface area contributed by atoms with E-state index >= 15 is 0 Å². The first kappa shape index (κ1) is 16.1. The summed E-state index contributed by atoms with van der Waals surface area (Å²) in [6.07, 6.45) is 5.03. The Morgan fingerprint density at radius 3 is 2.00 bits per heavy atom. The van der Waals surface area contributed by atoms with E-state index in [0.29, 0.717) is 0 Å². The van der Waals surface area contributed by atoms with E-state index in [4.69, 9.17) is 0 Å². The van der Waals surface area contributed by atoms with Crippen LogP contribution in [0.3, 0.4) is 0 Å². The number of hydrogen-bond acceptors (Lipinski definition) is 1. The van der Waals surface area contributed by atoms with E-state index in [0.717, 1.165) is 0 Å². The van der Waals surface area contributed by atoms with Crippen LogP contribution >= 0.6 is 0 Å². The molecule has 0 atom stereocenters. The van der Waals surface area contributed by atoms with Gasteiger partial charge in [0.25, 0.3) is 0 Å². The van der Waals surface area contributed by atoms with Gasteiger partial charge in [-0.25, -0.2) is 0 Å². The monoisotopic (exact) mass is 237 g/mol. The van der Waals surface area contributed by atoms with Crippen molar-refractivity contribution in [3.8, 4) is 0 Å². The third kappa shape index (κ3) is 7.14. The lowest BCUT2D eigenvalue weighted by atomic mass is 10.1. The molecular formula is C15H27NO. The van der Waals surface area contributed by atoms with Crippen molar-refractivity contribution in [2.45, 2.75) is 39.5 Å². The molecule has 0 radical (unpaired) electrons. The SMILES string of the molecule is CCCN(CCC)CCCc1ccccc1.O. The molecule has 2 nitrogen and oxygen atoms in total. The van der Waals surface area contributed by atoms with Crippen LogP contribution in [0.2, 0.25) is 0 Å². The molecule has 17 heavy (non-hydrogen) atoms. The van der Waals surface area contributed by atoms with Crippen molar-refractivity contribution in [2.75, 3.05) is 19.6 Å². The van der Waals surface area contributed by atoms with E-state index in [2.05, 4.69) is 49.1 Å². The Kier molecular flexibility index (Phi) is 9.78. The summed E-state index contributed by atoms with van der Waals surface area (Å²) in [6, 6.07) is 10.8. The molecular weight excluding hydrogens is 210 g/mol. The second-order valence-corrected chi connectivity index (χ2v) is 4.43. The van der Waals surface area contributed by atoms with Crippen molar-refractivity contribution in [2.24, 2.45) is 0 Å². The fourth-order valence-electron chi connectivity index (χ4n) is 2.12. The zero-order valence-electron chi connectivity index (χ0n) is 11.3. The Labute approximate surface area is 106 Å².